The summed E-state index contributed by atoms with van der Waals surface area (Å²) in [6.07, 6.45) is -11.0. The Balaban J connectivity index is 2.15. The van der Waals surface area contributed by atoms with Crippen LogP contribution in [0.15, 0.2) is 0 Å². The van der Waals surface area contributed by atoms with E-state index in [1.54, 1.807) is 0 Å². The monoisotopic (exact) mass is 367 g/mol. The number of carbonyl (C=O) groups excluding carboxylic acids is 1. The van der Waals surface area contributed by atoms with Crippen LogP contribution in [-0.4, -0.2) is 111 Å². The predicted octanol–water partition coefficient (Wildman–Crippen LogP) is -4.57. The lowest BCUT2D eigenvalue weighted by molar-refractivity contribution is -0.328. The fourth-order valence-corrected chi connectivity index (χ4v) is 2.93. The molecule has 0 saturated carbocycles. The van der Waals surface area contributed by atoms with Crippen molar-refractivity contribution in [2.75, 3.05) is 19.8 Å². The van der Waals surface area contributed by atoms with Crippen LogP contribution in [0.25, 0.3) is 0 Å². The van der Waals surface area contributed by atoms with Crippen LogP contribution >= 0.6 is 0 Å². The van der Waals surface area contributed by atoms with Crippen molar-refractivity contribution in [3.63, 3.8) is 0 Å². The second-order valence-electron chi connectivity index (χ2n) is 6.15. The second-order valence-corrected chi connectivity index (χ2v) is 6.15. The van der Waals surface area contributed by atoms with E-state index in [1.165, 1.54) is 6.92 Å². The number of ether oxygens (including phenoxy) is 3. The number of hydrogen-bond donors (Lipinski definition) is 7. The maximum absolute atomic E-state index is 11.3. The molecule has 146 valence electrons. The summed E-state index contributed by atoms with van der Waals surface area (Å²) in [5, 5.41) is 60.9. The molecule has 7 N–H and O–H groups in total. The summed E-state index contributed by atoms with van der Waals surface area (Å²) in [5.41, 5.74) is 0. The second kappa shape index (κ2) is 8.66. The highest BCUT2D eigenvalue weighted by molar-refractivity contribution is 5.73. The standard InChI is InChI=1S/C14H25NO10/c1-5(18)15-6-4-23-7(2-16)10(20)13(6)25-14-12(22)11(21)9(19)8(3-17)24-14/h6-14,16-17,19-22H,2-4H2,1H3,(H,15,18)/t6-,7+,8+,9-,10-,11-,12+,13+,14-/m0/s1. The predicted molar refractivity (Wildman–Crippen MR) is 79.1 cm³/mol. The van der Waals surface area contributed by atoms with Crippen molar-refractivity contribution in [2.45, 2.75) is 62.0 Å². The van der Waals surface area contributed by atoms with E-state index < -0.39 is 74.2 Å². The van der Waals surface area contributed by atoms with E-state index in [-0.39, 0.29) is 6.61 Å². The van der Waals surface area contributed by atoms with Gasteiger partial charge in [0.25, 0.3) is 0 Å². The van der Waals surface area contributed by atoms with Crippen molar-refractivity contribution < 1.29 is 49.6 Å². The van der Waals surface area contributed by atoms with Crippen LogP contribution in [-0.2, 0) is 19.0 Å². The number of aliphatic hydroxyl groups is 6. The van der Waals surface area contributed by atoms with E-state index >= 15 is 0 Å². The Morgan fingerprint density at radius 2 is 1.68 bits per heavy atom. The van der Waals surface area contributed by atoms with Crippen molar-refractivity contribution in [1.29, 1.82) is 0 Å². The Morgan fingerprint density at radius 3 is 2.24 bits per heavy atom. The molecule has 11 heteroatoms. The normalized spacial score (nSPS) is 45.2. The van der Waals surface area contributed by atoms with Crippen LogP contribution in [0.1, 0.15) is 6.92 Å². The molecular formula is C14H25NO10. The van der Waals surface area contributed by atoms with Gasteiger partial charge >= 0.3 is 0 Å². The van der Waals surface area contributed by atoms with Crippen molar-refractivity contribution in [2.24, 2.45) is 0 Å². The zero-order valence-corrected chi connectivity index (χ0v) is 13.6. The van der Waals surface area contributed by atoms with Gasteiger partial charge in [0.15, 0.2) is 6.29 Å². The number of nitrogens with one attached hydrogen (secondary N) is 1. The molecule has 1 amide bonds. The summed E-state index contributed by atoms with van der Waals surface area (Å²) in [6, 6.07) is -0.803. The molecule has 0 aliphatic carbocycles. The molecule has 0 spiro atoms. The van der Waals surface area contributed by atoms with Gasteiger partial charge < -0.3 is 50.2 Å². The summed E-state index contributed by atoms with van der Waals surface area (Å²) in [5.74, 6) is -0.411. The summed E-state index contributed by atoms with van der Waals surface area (Å²) in [7, 11) is 0. The Labute approximate surface area is 143 Å². The largest absolute Gasteiger partial charge is 0.394 e. The third-order valence-corrected chi connectivity index (χ3v) is 4.31. The minimum absolute atomic E-state index is 0.0655. The number of aliphatic hydroxyl groups excluding tert-OH is 6. The number of hydrogen-bond acceptors (Lipinski definition) is 10. The molecule has 0 radical (unpaired) electrons. The van der Waals surface area contributed by atoms with Crippen LogP contribution < -0.4 is 5.32 Å². The van der Waals surface area contributed by atoms with Gasteiger partial charge in [0.05, 0.1) is 25.9 Å². The van der Waals surface area contributed by atoms with Crippen molar-refractivity contribution >= 4 is 5.91 Å². The van der Waals surface area contributed by atoms with Crippen LogP contribution in [0.5, 0.6) is 0 Å². The van der Waals surface area contributed by atoms with Gasteiger partial charge in [-0.1, -0.05) is 0 Å². The third kappa shape index (κ3) is 4.45. The molecule has 2 heterocycles. The molecule has 2 saturated heterocycles. The molecule has 0 aromatic heterocycles. The quantitative estimate of drug-likeness (QED) is 0.250. The summed E-state index contributed by atoms with van der Waals surface area (Å²) in [4.78, 5) is 11.3. The highest BCUT2D eigenvalue weighted by Gasteiger charge is 2.48. The molecule has 0 bridgehead atoms. The first-order valence-corrected chi connectivity index (χ1v) is 7.93. The Kier molecular flexibility index (Phi) is 7.08. The van der Waals surface area contributed by atoms with Crippen LogP contribution in [0, 0.1) is 0 Å². The SMILES string of the molecule is CC(=O)N[C@H]1CO[C@H](CO)[C@H](O)[C@@H]1O[C@@H]1O[C@H](CO)[C@H](O)[C@H](O)[C@H]1O. The van der Waals surface area contributed by atoms with Gasteiger partial charge in [0.1, 0.15) is 42.7 Å². The van der Waals surface area contributed by atoms with Crippen molar-refractivity contribution in [1.82, 2.24) is 5.32 Å². The maximum Gasteiger partial charge on any atom is 0.217 e. The minimum atomic E-state index is -1.65. The van der Waals surface area contributed by atoms with E-state index in [9.17, 15) is 35.4 Å². The number of carbonyl (C=O) groups is 1. The van der Waals surface area contributed by atoms with Gasteiger partial charge in [-0.25, -0.2) is 0 Å². The highest BCUT2D eigenvalue weighted by Crippen LogP contribution is 2.27. The van der Waals surface area contributed by atoms with Gasteiger partial charge in [-0.05, 0) is 0 Å². The average Bonchev–Trinajstić information content (AvgIpc) is 2.57. The minimum Gasteiger partial charge on any atom is -0.394 e. The van der Waals surface area contributed by atoms with Gasteiger partial charge in [-0.3, -0.25) is 4.79 Å². The summed E-state index contributed by atoms with van der Waals surface area (Å²) >= 11 is 0. The van der Waals surface area contributed by atoms with Gasteiger partial charge in [0, 0.05) is 6.92 Å². The van der Waals surface area contributed by atoms with Gasteiger partial charge in [0.2, 0.25) is 5.91 Å². The van der Waals surface area contributed by atoms with Gasteiger partial charge in [-0.2, -0.15) is 0 Å². The van der Waals surface area contributed by atoms with Crippen molar-refractivity contribution in [3.8, 4) is 0 Å². The Hall–Kier alpha value is -0.890. The molecule has 2 rings (SSSR count). The first-order chi connectivity index (χ1) is 11.8. The zero-order valence-electron chi connectivity index (χ0n) is 13.6. The van der Waals surface area contributed by atoms with E-state index in [1.807, 2.05) is 0 Å². The van der Waals surface area contributed by atoms with Crippen LogP contribution in [0.2, 0.25) is 0 Å². The molecular weight excluding hydrogens is 342 g/mol. The van der Waals surface area contributed by atoms with E-state index in [0.29, 0.717) is 0 Å². The zero-order chi connectivity index (χ0) is 18.7. The maximum atomic E-state index is 11.3. The topological polar surface area (TPSA) is 178 Å². The molecule has 0 aromatic carbocycles. The Morgan fingerprint density at radius 1 is 1.04 bits per heavy atom. The lowest BCUT2D eigenvalue weighted by atomic mass is 9.96. The first-order valence-electron chi connectivity index (χ1n) is 7.93. The van der Waals surface area contributed by atoms with Crippen molar-refractivity contribution in [3.05, 3.63) is 0 Å². The highest BCUT2D eigenvalue weighted by atomic mass is 16.7. The van der Waals surface area contributed by atoms with Crippen LogP contribution in [0.3, 0.4) is 0 Å². The molecule has 11 nitrogen and oxygen atoms in total. The fraction of sp³-hybridized carbons (Fsp3) is 0.929. The summed E-state index contributed by atoms with van der Waals surface area (Å²) < 4.78 is 16.0. The number of amides is 1. The smallest absolute Gasteiger partial charge is 0.217 e. The first kappa shape index (κ1) is 20.4. The molecule has 0 unspecified atom stereocenters. The summed E-state index contributed by atoms with van der Waals surface area (Å²) in [6.45, 7) is 0.0669. The van der Waals surface area contributed by atoms with E-state index in [4.69, 9.17) is 14.2 Å². The number of rotatable bonds is 5. The molecule has 25 heavy (non-hydrogen) atoms. The lowest BCUT2D eigenvalue weighted by Gasteiger charge is -2.45. The molecule has 2 aliphatic heterocycles. The average molecular weight is 367 g/mol. The third-order valence-electron chi connectivity index (χ3n) is 4.31. The molecule has 9 atom stereocenters. The molecule has 0 aromatic rings. The molecule has 2 aliphatic rings. The Bertz CT molecular complexity index is 449. The fourth-order valence-electron chi connectivity index (χ4n) is 2.93. The van der Waals surface area contributed by atoms with E-state index in [2.05, 4.69) is 5.32 Å². The lowest BCUT2D eigenvalue weighted by Crippen LogP contribution is -2.65. The van der Waals surface area contributed by atoms with Gasteiger partial charge in [-0.15, -0.1) is 0 Å². The molecule has 2 fully saturated rings. The van der Waals surface area contributed by atoms with Crippen LogP contribution in [0.4, 0.5) is 0 Å². The van der Waals surface area contributed by atoms with E-state index in [0.717, 1.165) is 0 Å².